The van der Waals surface area contributed by atoms with Crippen molar-refractivity contribution in [3.05, 3.63) is 29.3 Å². The van der Waals surface area contributed by atoms with E-state index in [4.69, 9.17) is 4.74 Å². The number of benzene rings is 1. The predicted octanol–water partition coefficient (Wildman–Crippen LogP) is 2.30. The lowest BCUT2D eigenvalue weighted by atomic mass is 10.0. The maximum absolute atomic E-state index is 6.22. The molecule has 0 amide bonds. The van der Waals surface area contributed by atoms with Gasteiger partial charge in [0.2, 0.25) is 0 Å². The van der Waals surface area contributed by atoms with Gasteiger partial charge in [0.05, 0.1) is 0 Å². The smallest absolute Gasteiger partial charge is 0.127 e. The third-order valence-corrected chi connectivity index (χ3v) is 5.52. The molecule has 0 spiro atoms. The second-order valence-electron chi connectivity index (χ2n) is 7.90. The van der Waals surface area contributed by atoms with Crippen LogP contribution in [-0.2, 0) is 13.0 Å². The lowest BCUT2D eigenvalue weighted by molar-refractivity contribution is 0.0953. The number of hydrogen-bond donors (Lipinski definition) is 1. The average Bonchev–Trinajstić information content (AvgIpc) is 3.15. The number of nitrogens with one attached hydrogen (secondary N) is 1. The summed E-state index contributed by atoms with van der Waals surface area (Å²) in [7, 11) is 0. The van der Waals surface area contributed by atoms with Crippen LogP contribution < -0.4 is 10.1 Å². The molecule has 1 unspecified atom stereocenters. The normalized spacial score (nSPS) is 26.7. The van der Waals surface area contributed by atoms with Gasteiger partial charge in [0.1, 0.15) is 11.4 Å². The molecule has 2 fully saturated rings. The monoisotopic (exact) mass is 351 g/mol. The van der Waals surface area contributed by atoms with Gasteiger partial charge >= 0.3 is 0 Å². The zero-order chi connectivity index (χ0) is 15.9. The van der Waals surface area contributed by atoms with Gasteiger partial charge in [-0.1, -0.05) is 18.2 Å². The van der Waals surface area contributed by atoms with Crippen molar-refractivity contribution in [3.8, 4) is 5.75 Å². The van der Waals surface area contributed by atoms with Crippen molar-refractivity contribution in [2.45, 2.75) is 44.9 Å². The van der Waals surface area contributed by atoms with Crippen molar-refractivity contribution in [1.29, 1.82) is 0 Å². The van der Waals surface area contributed by atoms with Crippen LogP contribution in [0.25, 0.3) is 0 Å². The third kappa shape index (κ3) is 3.72. The van der Waals surface area contributed by atoms with Gasteiger partial charge in [-0.2, -0.15) is 0 Å². The van der Waals surface area contributed by atoms with E-state index in [0.717, 1.165) is 24.8 Å². The molecule has 3 aliphatic heterocycles. The minimum Gasteiger partial charge on any atom is -0.487 e. The van der Waals surface area contributed by atoms with Crippen LogP contribution in [0.3, 0.4) is 0 Å². The van der Waals surface area contributed by atoms with E-state index in [1.165, 1.54) is 56.8 Å². The molecule has 3 heterocycles. The molecule has 5 heteroatoms. The molecule has 134 valence electrons. The Hall–Kier alpha value is -0.810. The topological polar surface area (TPSA) is 27.7 Å². The molecule has 0 saturated carbocycles. The van der Waals surface area contributed by atoms with Gasteiger partial charge in [-0.3, -0.25) is 9.80 Å². The molecule has 0 aliphatic carbocycles. The minimum absolute atomic E-state index is 0. The SMILES string of the molecule is CC1(C)Cc2cccc(CN3CCN(C4CCNC4)CC3)c2O1.Cl. The molecule has 0 aromatic heterocycles. The summed E-state index contributed by atoms with van der Waals surface area (Å²) < 4.78 is 6.22. The number of ether oxygens (including phenoxy) is 1. The Labute approximate surface area is 151 Å². The van der Waals surface area contributed by atoms with E-state index >= 15 is 0 Å². The van der Waals surface area contributed by atoms with E-state index in [1.54, 1.807) is 0 Å². The number of para-hydroxylation sites is 1. The van der Waals surface area contributed by atoms with Crippen molar-refractivity contribution in [2.75, 3.05) is 39.3 Å². The van der Waals surface area contributed by atoms with Gasteiger partial charge in [-0.05, 0) is 32.4 Å². The Bertz CT molecular complexity index is 564. The van der Waals surface area contributed by atoms with Gasteiger partial charge in [0, 0.05) is 57.3 Å². The zero-order valence-corrected chi connectivity index (χ0v) is 15.7. The first-order valence-electron chi connectivity index (χ1n) is 9.08. The van der Waals surface area contributed by atoms with Gasteiger partial charge < -0.3 is 10.1 Å². The summed E-state index contributed by atoms with van der Waals surface area (Å²) in [5.74, 6) is 1.15. The van der Waals surface area contributed by atoms with E-state index in [-0.39, 0.29) is 18.0 Å². The first kappa shape index (κ1) is 18.0. The number of piperazine rings is 1. The fourth-order valence-corrected chi connectivity index (χ4v) is 4.28. The zero-order valence-electron chi connectivity index (χ0n) is 14.9. The van der Waals surface area contributed by atoms with Crippen LogP contribution in [0.2, 0.25) is 0 Å². The number of nitrogens with zero attached hydrogens (tertiary/aromatic N) is 2. The lowest BCUT2D eigenvalue weighted by Gasteiger charge is -2.38. The summed E-state index contributed by atoms with van der Waals surface area (Å²) in [6, 6.07) is 7.42. The molecular formula is C19H30ClN3O. The van der Waals surface area contributed by atoms with Crippen molar-refractivity contribution < 1.29 is 4.74 Å². The fourth-order valence-electron chi connectivity index (χ4n) is 4.28. The van der Waals surface area contributed by atoms with Crippen molar-refractivity contribution >= 4 is 12.4 Å². The number of hydrogen-bond acceptors (Lipinski definition) is 4. The molecular weight excluding hydrogens is 322 g/mol. The molecule has 24 heavy (non-hydrogen) atoms. The second-order valence-corrected chi connectivity index (χ2v) is 7.90. The van der Waals surface area contributed by atoms with Gasteiger partial charge in [0.15, 0.2) is 0 Å². The molecule has 2 saturated heterocycles. The van der Waals surface area contributed by atoms with E-state index in [9.17, 15) is 0 Å². The molecule has 0 bridgehead atoms. The highest BCUT2D eigenvalue weighted by Crippen LogP contribution is 2.38. The predicted molar refractivity (Wildman–Crippen MR) is 100 cm³/mol. The largest absolute Gasteiger partial charge is 0.487 e. The Balaban J connectivity index is 0.00000169. The first-order chi connectivity index (χ1) is 11.1. The Morgan fingerprint density at radius 1 is 1.21 bits per heavy atom. The third-order valence-electron chi connectivity index (χ3n) is 5.52. The summed E-state index contributed by atoms with van der Waals surface area (Å²) in [5, 5.41) is 3.48. The van der Waals surface area contributed by atoms with Crippen molar-refractivity contribution in [1.82, 2.24) is 15.1 Å². The summed E-state index contributed by atoms with van der Waals surface area (Å²) in [6.45, 7) is 12.5. The highest BCUT2D eigenvalue weighted by atomic mass is 35.5. The van der Waals surface area contributed by atoms with Crippen LogP contribution in [0, 0.1) is 0 Å². The first-order valence-corrected chi connectivity index (χ1v) is 9.08. The van der Waals surface area contributed by atoms with Crippen LogP contribution in [0.4, 0.5) is 0 Å². The maximum atomic E-state index is 6.22. The number of halogens is 1. The molecule has 3 aliphatic rings. The van der Waals surface area contributed by atoms with Crippen LogP contribution in [0.5, 0.6) is 5.75 Å². The molecule has 4 rings (SSSR count). The highest BCUT2D eigenvalue weighted by Gasteiger charge is 2.32. The summed E-state index contributed by atoms with van der Waals surface area (Å²) in [4.78, 5) is 5.26. The van der Waals surface area contributed by atoms with E-state index in [2.05, 4.69) is 47.2 Å². The van der Waals surface area contributed by atoms with E-state index < -0.39 is 0 Å². The van der Waals surface area contributed by atoms with E-state index in [0.29, 0.717) is 0 Å². The van der Waals surface area contributed by atoms with Gasteiger partial charge in [-0.15, -0.1) is 12.4 Å². The quantitative estimate of drug-likeness (QED) is 0.904. The lowest BCUT2D eigenvalue weighted by Crippen LogP contribution is -2.50. The fraction of sp³-hybridized carbons (Fsp3) is 0.684. The second kappa shape index (κ2) is 7.20. The molecule has 1 aromatic carbocycles. The minimum atomic E-state index is -0.0490. The average molecular weight is 352 g/mol. The Morgan fingerprint density at radius 3 is 2.71 bits per heavy atom. The van der Waals surface area contributed by atoms with E-state index in [1.807, 2.05) is 0 Å². The highest BCUT2D eigenvalue weighted by molar-refractivity contribution is 5.85. The summed E-state index contributed by atoms with van der Waals surface area (Å²) >= 11 is 0. The Morgan fingerprint density at radius 2 is 2.00 bits per heavy atom. The maximum Gasteiger partial charge on any atom is 0.127 e. The van der Waals surface area contributed by atoms with Crippen LogP contribution in [0.1, 0.15) is 31.4 Å². The Kier molecular flexibility index (Phi) is 5.40. The number of rotatable bonds is 3. The van der Waals surface area contributed by atoms with Crippen LogP contribution in [-0.4, -0.2) is 60.7 Å². The standard InChI is InChI=1S/C19H29N3O.ClH/c1-19(2)12-15-4-3-5-16(18(15)23-19)14-21-8-10-22(11-9-21)17-6-7-20-13-17;/h3-5,17,20H,6-14H2,1-2H3;1H. The summed E-state index contributed by atoms with van der Waals surface area (Å²) in [6.07, 6.45) is 2.34. The van der Waals surface area contributed by atoms with Crippen LogP contribution in [0.15, 0.2) is 18.2 Å². The molecule has 4 nitrogen and oxygen atoms in total. The van der Waals surface area contributed by atoms with Crippen molar-refractivity contribution in [3.63, 3.8) is 0 Å². The molecule has 0 radical (unpaired) electrons. The summed E-state index contributed by atoms with van der Waals surface area (Å²) in [5.41, 5.74) is 2.69. The van der Waals surface area contributed by atoms with Gasteiger partial charge in [0.25, 0.3) is 0 Å². The number of fused-ring (bicyclic) bond motifs is 1. The molecule has 1 atom stereocenters. The molecule has 1 N–H and O–H groups in total. The molecule has 1 aromatic rings. The van der Waals surface area contributed by atoms with Crippen LogP contribution >= 0.6 is 12.4 Å². The van der Waals surface area contributed by atoms with Gasteiger partial charge in [-0.25, -0.2) is 0 Å². The van der Waals surface area contributed by atoms with Crippen molar-refractivity contribution in [2.24, 2.45) is 0 Å².